The quantitative estimate of drug-likeness (QED) is 0.174. The van der Waals surface area contributed by atoms with E-state index >= 15 is 0 Å². The van der Waals surface area contributed by atoms with E-state index in [1.807, 2.05) is 133 Å². The molecular weight excluding hydrogens is 538 g/mol. The van der Waals surface area contributed by atoms with E-state index in [-0.39, 0.29) is 42.7 Å². The molecule has 0 aliphatic carbocycles. The molecule has 0 saturated heterocycles. The Bertz CT molecular complexity index is 1850. The summed E-state index contributed by atoms with van der Waals surface area (Å²) in [7, 11) is 1.98. The maximum Gasteiger partial charge on any atom is 0.347 e. The minimum absolute atomic E-state index is 0.0454. The molecule has 0 aliphatic heterocycles. The number of rotatable bonds is 10. The maximum absolute atomic E-state index is 13.8. The molecular formula is C36H31N3O4. The van der Waals surface area contributed by atoms with Crippen molar-refractivity contribution in [2.75, 3.05) is 5.73 Å². The molecule has 4 aromatic carbocycles. The van der Waals surface area contributed by atoms with Gasteiger partial charge in [0, 0.05) is 24.3 Å². The van der Waals surface area contributed by atoms with Crippen molar-refractivity contribution >= 4 is 22.6 Å². The molecule has 0 saturated carbocycles. The Hall–Kier alpha value is -5.56. The van der Waals surface area contributed by atoms with Crippen molar-refractivity contribution in [3.8, 4) is 22.9 Å². The summed E-state index contributed by atoms with van der Waals surface area (Å²) in [4.78, 5) is 18.6. The van der Waals surface area contributed by atoms with E-state index < -0.39 is 5.97 Å². The number of nitrogens with two attached hydrogens (primary N) is 1. The highest BCUT2D eigenvalue weighted by atomic mass is 16.5. The molecule has 0 unspecified atom stereocenters. The number of carbonyl (C=O) groups is 1. The van der Waals surface area contributed by atoms with E-state index in [0.717, 1.165) is 33.2 Å². The third-order valence-corrected chi connectivity index (χ3v) is 7.18. The standard InChI is InChI=1S/C36H31N3O4/c1-39-20-19-28-17-18-29(21-30(28)39)33-32(37)34(41-22-25-11-5-2-6-12-25)31(36(40)43-24-27-15-9-4-10-16-27)35(38-33)42-23-26-13-7-3-8-14-26/h2-21H,22-24,37H2,1H3. The highest BCUT2D eigenvalue weighted by Gasteiger charge is 2.28. The molecule has 0 fully saturated rings. The Labute approximate surface area is 250 Å². The molecule has 0 atom stereocenters. The van der Waals surface area contributed by atoms with Crippen LogP contribution in [0.5, 0.6) is 11.6 Å². The second kappa shape index (κ2) is 12.5. The van der Waals surface area contributed by atoms with Gasteiger partial charge in [0.05, 0.1) is 0 Å². The minimum Gasteiger partial charge on any atom is -0.486 e. The van der Waals surface area contributed by atoms with Gasteiger partial charge in [0.2, 0.25) is 5.88 Å². The molecule has 43 heavy (non-hydrogen) atoms. The number of hydrogen-bond donors (Lipinski definition) is 1. The van der Waals surface area contributed by atoms with Crippen molar-refractivity contribution in [2.24, 2.45) is 7.05 Å². The van der Waals surface area contributed by atoms with Gasteiger partial charge in [-0.25, -0.2) is 9.78 Å². The molecule has 2 heterocycles. The van der Waals surface area contributed by atoms with Crippen LogP contribution in [0.4, 0.5) is 5.69 Å². The van der Waals surface area contributed by atoms with E-state index in [4.69, 9.17) is 24.9 Å². The van der Waals surface area contributed by atoms with E-state index in [2.05, 4.69) is 0 Å². The normalized spacial score (nSPS) is 10.9. The summed E-state index contributed by atoms with van der Waals surface area (Å²) in [6.45, 7) is 0.440. The fraction of sp³-hybridized carbons (Fsp3) is 0.111. The predicted octanol–water partition coefficient (Wildman–Crippen LogP) is 7.34. The van der Waals surface area contributed by atoms with Crippen LogP contribution in [0.15, 0.2) is 121 Å². The van der Waals surface area contributed by atoms with Gasteiger partial charge in [-0.1, -0.05) is 103 Å². The third kappa shape index (κ3) is 6.21. The highest BCUT2D eigenvalue weighted by Crippen LogP contribution is 2.41. The summed E-state index contributed by atoms with van der Waals surface area (Å²) < 4.78 is 20.4. The van der Waals surface area contributed by atoms with Gasteiger partial charge in [-0.3, -0.25) is 0 Å². The van der Waals surface area contributed by atoms with Crippen molar-refractivity contribution < 1.29 is 19.0 Å². The molecule has 0 aliphatic rings. The first kappa shape index (κ1) is 27.6. The van der Waals surface area contributed by atoms with Gasteiger partial charge in [0.25, 0.3) is 0 Å². The lowest BCUT2D eigenvalue weighted by Gasteiger charge is -2.20. The lowest BCUT2D eigenvalue weighted by atomic mass is 10.1. The largest absolute Gasteiger partial charge is 0.486 e. The fourth-order valence-corrected chi connectivity index (χ4v) is 4.87. The van der Waals surface area contributed by atoms with Gasteiger partial charge in [-0.2, -0.15) is 0 Å². The van der Waals surface area contributed by atoms with Crippen LogP contribution in [0.25, 0.3) is 22.2 Å². The van der Waals surface area contributed by atoms with Gasteiger partial charge >= 0.3 is 5.97 Å². The molecule has 6 rings (SSSR count). The predicted molar refractivity (Wildman–Crippen MR) is 168 cm³/mol. The summed E-state index contributed by atoms with van der Waals surface area (Å²) in [6.07, 6.45) is 2.00. The molecule has 0 amide bonds. The van der Waals surface area contributed by atoms with Crippen molar-refractivity contribution in [3.05, 3.63) is 144 Å². The SMILES string of the molecule is Cn1ccc2ccc(-c3nc(OCc4ccccc4)c(C(=O)OCc4ccccc4)c(OCc4ccccc4)c3N)cc21. The van der Waals surface area contributed by atoms with E-state index in [9.17, 15) is 4.79 Å². The number of nitrogen functional groups attached to an aromatic ring is 1. The number of ether oxygens (including phenoxy) is 3. The van der Waals surface area contributed by atoms with Crippen LogP contribution in [0.3, 0.4) is 0 Å². The number of aromatic nitrogens is 2. The number of hydrogen-bond acceptors (Lipinski definition) is 6. The Morgan fingerprint density at radius 2 is 1.33 bits per heavy atom. The van der Waals surface area contributed by atoms with Crippen LogP contribution in [-0.2, 0) is 31.6 Å². The summed E-state index contributed by atoms with van der Waals surface area (Å²) in [6, 6.07) is 36.9. The van der Waals surface area contributed by atoms with Crippen molar-refractivity contribution in [3.63, 3.8) is 0 Å². The Morgan fingerprint density at radius 1 is 0.744 bits per heavy atom. The third-order valence-electron chi connectivity index (χ3n) is 7.18. The van der Waals surface area contributed by atoms with E-state index in [0.29, 0.717) is 5.69 Å². The molecule has 6 aromatic rings. The molecule has 2 aromatic heterocycles. The number of aryl methyl sites for hydroxylation is 1. The van der Waals surface area contributed by atoms with E-state index in [1.165, 1.54) is 0 Å². The Morgan fingerprint density at radius 3 is 1.95 bits per heavy atom. The van der Waals surface area contributed by atoms with Crippen molar-refractivity contribution in [1.29, 1.82) is 0 Å². The molecule has 214 valence electrons. The number of benzene rings is 4. The second-order valence-electron chi connectivity index (χ2n) is 10.2. The summed E-state index contributed by atoms with van der Waals surface area (Å²) >= 11 is 0. The molecule has 7 heteroatoms. The summed E-state index contributed by atoms with van der Waals surface area (Å²) in [5.74, 6) is -0.387. The minimum atomic E-state index is -0.640. The van der Waals surface area contributed by atoms with Crippen LogP contribution in [-0.4, -0.2) is 15.5 Å². The lowest BCUT2D eigenvalue weighted by molar-refractivity contribution is 0.0461. The lowest BCUT2D eigenvalue weighted by Crippen LogP contribution is -2.15. The first-order chi connectivity index (χ1) is 21.1. The van der Waals surface area contributed by atoms with Gasteiger partial charge in [-0.15, -0.1) is 0 Å². The maximum atomic E-state index is 13.8. The molecule has 0 radical (unpaired) electrons. The zero-order chi connectivity index (χ0) is 29.6. The first-order valence-electron chi connectivity index (χ1n) is 14.0. The van der Waals surface area contributed by atoms with Crippen molar-refractivity contribution in [2.45, 2.75) is 19.8 Å². The molecule has 0 bridgehead atoms. The fourth-order valence-electron chi connectivity index (χ4n) is 4.87. The second-order valence-corrected chi connectivity index (χ2v) is 10.2. The monoisotopic (exact) mass is 569 g/mol. The summed E-state index contributed by atoms with van der Waals surface area (Å²) in [5, 5.41) is 1.09. The smallest absolute Gasteiger partial charge is 0.347 e. The van der Waals surface area contributed by atoms with E-state index in [1.54, 1.807) is 0 Å². The van der Waals surface area contributed by atoms with Crippen LogP contribution < -0.4 is 15.2 Å². The van der Waals surface area contributed by atoms with Crippen LogP contribution >= 0.6 is 0 Å². The number of nitrogens with zero attached hydrogens (tertiary/aromatic N) is 2. The topological polar surface area (TPSA) is 88.6 Å². The van der Waals surface area contributed by atoms with Crippen LogP contribution in [0.2, 0.25) is 0 Å². The highest BCUT2D eigenvalue weighted by molar-refractivity contribution is 6.00. The molecule has 2 N–H and O–H groups in total. The summed E-state index contributed by atoms with van der Waals surface area (Å²) in [5.41, 5.74) is 12.0. The number of fused-ring (bicyclic) bond motifs is 1. The van der Waals surface area contributed by atoms with Crippen molar-refractivity contribution in [1.82, 2.24) is 9.55 Å². The Kier molecular flexibility index (Phi) is 8.04. The molecule has 7 nitrogen and oxygen atoms in total. The number of pyridine rings is 1. The van der Waals surface area contributed by atoms with Crippen LogP contribution in [0, 0.1) is 0 Å². The number of carbonyl (C=O) groups excluding carboxylic acids is 1. The first-order valence-corrected chi connectivity index (χ1v) is 14.0. The zero-order valence-electron chi connectivity index (χ0n) is 23.8. The average Bonchev–Trinajstić information content (AvgIpc) is 3.43. The average molecular weight is 570 g/mol. The zero-order valence-corrected chi connectivity index (χ0v) is 23.8. The number of esters is 1. The van der Waals surface area contributed by atoms with Gasteiger partial charge < -0.3 is 24.5 Å². The van der Waals surface area contributed by atoms with Gasteiger partial charge in [0.1, 0.15) is 31.2 Å². The Balaban J connectivity index is 1.46. The number of anilines is 1. The van der Waals surface area contributed by atoms with Crippen LogP contribution in [0.1, 0.15) is 27.0 Å². The van der Waals surface area contributed by atoms with Gasteiger partial charge in [-0.05, 0) is 34.2 Å². The molecule has 0 spiro atoms. The van der Waals surface area contributed by atoms with Gasteiger partial charge in [0.15, 0.2) is 11.3 Å².